The molecular formula is C15H21N5O2. The molecule has 0 bridgehead atoms. The first-order valence-electron chi connectivity index (χ1n) is 7.50. The van der Waals surface area contributed by atoms with Gasteiger partial charge in [0.15, 0.2) is 5.82 Å². The minimum atomic E-state index is -0.166. The Morgan fingerprint density at radius 2 is 2.18 bits per heavy atom. The summed E-state index contributed by atoms with van der Waals surface area (Å²) in [5, 5.41) is 10.7. The van der Waals surface area contributed by atoms with Crippen LogP contribution in [0.4, 0.5) is 0 Å². The molecule has 1 aliphatic rings. The fraction of sp³-hybridized carbons (Fsp3) is 0.600. The topological polar surface area (TPSA) is 87.9 Å². The van der Waals surface area contributed by atoms with Crippen LogP contribution in [0.3, 0.4) is 0 Å². The Hall–Kier alpha value is -2.02. The summed E-state index contributed by atoms with van der Waals surface area (Å²) in [5.41, 5.74) is 1.63. The van der Waals surface area contributed by atoms with Crippen molar-refractivity contribution in [1.29, 1.82) is 0 Å². The van der Waals surface area contributed by atoms with Crippen LogP contribution >= 0.6 is 0 Å². The summed E-state index contributed by atoms with van der Waals surface area (Å²) in [5.74, 6) is 1.33. The number of hydrogen-bond acceptors (Lipinski definition) is 6. The highest BCUT2D eigenvalue weighted by atomic mass is 16.5. The van der Waals surface area contributed by atoms with E-state index in [0.717, 1.165) is 24.2 Å². The van der Waals surface area contributed by atoms with E-state index in [9.17, 15) is 4.79 Å². The Morgan fingerprint density at radius 1 is 1.41 bits per heavy atom. The second-order valence-corrected chi connectivity index (χ2v) is 6.81. The summed E-state index contributed by atoms with van der Waals surface area (Å²) >= 11 is 0. The van der Waals surface area contributed by atoms with Crippen LogP contribution in [0.2, 0.25) is 0 Å². The lowest BCUT2D eigenvalue weighted by Gasteiger charge is -2.30. The van der Waals surface area contributed by atoms with Gasteiger partial charge >= 0.3 is 0 Å². The van der Waals surface area contributed by atoms with Gasteiger partial charge in [-0.2, -0.15) is 10.1 Å². The molecule has 2 aromatic heterocycles. The Balaban J connectivity index is 1.80. The Bertz CT molecular complexity index is 728. The summed E-state index contributed by atoms with van der Waals surface area (Å²) in [6.07, 6.45) is 0.802. The SMILES string of the molecule is CC(c1nc(C(C)(C)C)no1)N1CCc2n[nH]c(=O)cc2C1. The van der Waals surface area contributed by atoms with Gasteiger partial charge in [0, 0.05) is 31.0 Å². The van der Waals surface area contributed by atoms with Crippen LogP contribution in [-0.2, 0) is 18.4 Å². The van der Waals surface area contributed by atoms with Crippen molar-refractivity contribution < 1.29 is 4.52 Å². The molecule has 1 atom stereocenters. The molecular weight excluding hydrogens is 282 g/mol. The van der Waals surface area contributed by atoms with Crippen LogP contribution < -0.4 is 5.56 Å². The predicted octanol–water partition coefficient (Wildman–Crippen LogP) is 1.57. The molecule has 1 N–H and O–H groups in total. The number of aromatic amines is 1. The molecule has 0 aliphatic carbocycles. The quantitative estimate of drug-likeness (QED) is 0.906. The van der Waals surface area contributed by atoms with E-state index in [1.54, 1.807) is 6.07 Å². The highest BCUT2D eigenvalue weighted by molar-refractivity contribution is 5.20. The second kappa shape index (κ2) is 5.31. The van der Waals surface area contributed by atoms with E-state index in [2.05, 4.69) is 46.0 Å². The first-order valence-corrected chi connectivity index (χ1v) is 7.50. The standard InChI is InChI=1S/C15H21N5O2/c1-9(13-16-14(19-22-13)15(2,3)4)20-6-5-11-10(8-20)7-12(21)18-17-11/h7,9H,5-6,8H2,1-4H3,(H,18,21). The normalized spacial score (nSPS) is 17.3. The molecule has 118 valence electrons. The largest absolute Gasteiger partial charge is 0.338 e. The number of hydrogen-bond donors (Lipinski definition) is 1. The van der Waals surface area contributed by atoms with Gasteiger partial charge in [-0.1, -0.05) is 25.9 Å². The van der Waals surface area contributed by atoms with Gasteiger partial charge in [0.05, 0.1) is 11.7 Å². The van der Waals surface area contributed by atoms with Crippen molar-refractivity contribution in [2.75, 3.05) is 6.54 Å². The Labute approximate surface area is 128 Å². The maximum absolute atomic E-state index is 11.4. The summed E-state index contributed by atoms with van der Waals surface area (Å²) < 4.78 is 5.43. The van der Waals surface area contributed by atoms with Crippen molar-refractivity contribution in [2.45, 2.75) is 52.1 Å². The summed E-state index contributed by atoms with van der Waals surface area (Å²) in [6.45, 7) is 9.73. The molecule has 7 nitrogen and oxygen atoms in total. The lowest BCUT2D eigenvalue weighted by Crippen LogP contribution is -2.34. The zero-order chi connectivity index (χ0) is 15.9. The molecule has 3 rings (SSSR count). The number of nitrogens with one attached hydrogen (secondary N) is 1. The lowest BCUT2D eigenvalue weighted by molar-refractivity contribution is 0.156. The maximum Gasteiger partial charge on any atom is 0.264 e. The molecule has 3 heterocycles. The van der Waals surface area contributed by atoms with E-state index >= 15 is 0 Å². The van der Waals surface area contributed by atoms with E-state index < -0.39 is 0 Å². The van der Waals surface area contributed by atoms with Crippen molar-refractivity contribution in [3.63, 3.8) is 0 Å². The number of aromatic nitrogens is 4. The van der Waals surface area contributed by atoms with E-state index in [-0.39, 0.29) is 17.0 Å². The average Bonchev–Trinajstić information content (AvgIpc) is 2.95. The molecule has 0 amide bonds. The van der Waals surface area contributed by atoms with Gasteiger partial charge < -0.3 is 4.52 Å². The zero-order valence-electron chi connectivity index (χ0n) is 13.4. The van der Waals surface area contributed by atoms with Crippen molar-refractivity contribution in [2.24, 2.45) is 0 Å². The van der Waals surface area contributed by atoms with E-state index in [0.29, 0.717) is 18.3 Å². The first kappa shape index (κ1) is 14.9. The van der Waals surface area contributed by atoms with Gasteiger partial charge in [0.2, 0.25) is 5.89 Å². The van der Waals surface area contributed by atoms with Crippen LogP contribution in [0, 0.1) is 0 Å². The molecule has 0 fully saturated rings. The fourth-order valence-electron chi connectivity index (χ4n) is 2.57. The van der Waals surface area contributed by atoms with Gasteiger partial charge in [0.25, 0.3) is 5.56 Å². The van der Waals surface area contributed by atoms with Crippen LogP contribution in [-0.4, -0.2) is 31.8 Å². The maximum atomic E-state index is 11.4. The zero-order valence-corrected chi connectivity index (χ0v) is 13.4. The van der Waals surface area contributed by atoms with E-state index in [1.807, 2.05) is 6.92 Å². The third-order valence-electron chi connectivity index (χ3n) is 4.00. The highest BCUT2D eigenvalue weighted by Gasteiger charge is 2.28. The number of fused-ring (bicyclic) bond motifs is 1. The van der Waals surface area contributed by atoms with Gasteiger partial charge in [-0.25, -0.2) is 5.10 Å². The molecule has 0 radical (unpaired) electrons. The van der Waals surface area contributed by atoms with Crippen molar-refractivity contribution >= 4 is 0 Å². The number of rotatable bonds is 2. The monoisotopic (exact) mass is 303 g/mol. The number of H-pyrrole nitrogens is 1. The van der Waals surface area contributed by atoms with Gasteiger partial charge in [-0.05, 0) is 12.5 Å². The van der Waals surface area contributed by atoms with Crippen LogP contribution in [0.25, 0.3) is 0 Å². The van der Waals surface area contributed by atoms with Crippen LogP contribution in [0.15, 0.2) is 15.4 Å². The highest BCUT2D eigenvalue weighted by Crippen LogP contribution is 2.27. The molecule has 0 saturated carbocycles. The fourth-order valence-corrected chi connectivity index (χ4v) is 2.57. The minimum Gasteiger partial charge on any atom is -0.338 e. The molecule has 22 heavy (non-hydrogen) atoms. The van der Waals surface area contributed by atoms with Gasteiger partial charge in [-0.15, -0.1) is 0 Å². The van der Waals surface area contributed by atoms with Crippen LogP contribution in [0.5, 0.6) is 0 Å². The summed E-state index contributed by atoms with van der Waals surface area (Å²) in [6, 6.07) is 1.63. The van der Waals surface area contributed by atoms with E-state index in [1.165, 1.54) is 0 Å². The first-order chi connectivity index (χ1) is 10.3. The molecule has 7 heteroatoms. The molecule has 2 aromatic rings. The molecule has 1 unspecified atom stereocenters. The average molecular weight is 303 g/mol. The molecule has 0 saturated heterocycles. The van der Waals surface area contributed by atoms with Gasteiger partial charge in [-0.3, -0.25) is 9.69 Å². The molecule has 0 spiro atoms. The lowest BCUT2D eigenvalue weighted by atomic mass is 9.96. The summed E-state index contributed by atoms with van der Waals surface area (Å²) in [7, 11) is 0. The number of nitrogens with zero attached hydrogens (tertiary/aromatic N) is 4. The molecule has 0 aromatic carbocycles. The second-order valence-electron chi connectivity index (χ2n) is 6.81. The van der Waals surface area contributed by atoms with Crippen LogP contribution in [0.1, 0.15) is 56.7 Å². The third-order valence-corrected chi connectivity index (χ3v) is 4.00. The van der Waals surface area contributed by atoms with Crippen molar-refractivity contribution in [3.8, 4) is 0 Å². The Kier molecular flexibility index (Phi) is 3.60. The smallest absolute Gasteiger partial charge is 0.264 e. The minimum absolute atomic E-state index is 0.0102. The van der Waals surface area contributed by atoms with Gasteiger partial charge in [0.1, 0.15) is 0 Å². The van der Waals surface area contributed by atoms with Crippen molar-refractivity contribution in [1.82, 2.24) is 25.2 Å². The Morgan fingerprint density at radius 3 is 2.86 bits per heavy atom. The van der Waals surface area contributed by atoms with E-state index in [4.69, 9.17) is 4.52 Å². The predicted molar refractivity (Wildman–Crippen MR) is 80.4 cm³/mol. The molecule has 1 aliphatic heterocycles. The third kappa shape index (κ3) is 2.81. The summed E-state index contributed by atoms with van der Waals surface area (Å²) in [4.78, 5) is 18.2. The van der Waals surface area contributed by atoms with Crippen molar-refractivity contribution in [3.05, 3.63) is 39.4 Å².